The van der Waals surface area contributed by atoms with Crippen LogP contribution in [-0.2, 0) is 0 Å². The van der Waals surface area contributed by atoms with Gasteiger partial charge in [0.25, 0.3) is 0 Å². The summed E-state index contributed by atoms with van der Waals surface area (Å²) in [6.07, 6.45) is 1.98. The third-order valence-corrected chi connectivity index (χ3v) is 2.89. The highest BCUT2D eigenvalue weighted by atomic mass is 16.5. The van der Waals surface area contributed by atoms with Crippen LogP contribution in [0, 0.1) is 6.92 Å². The Morgan fingerprint density at radius 3 is 2.32 bits per heavy atom. The second-order valence-corrected chi connectivity index (χ2v) is 4.94. The molecule has 1 aromatic heterocycles. The van der Waals surface area contributed by atoms with Gasteiger partial charge in [-0.05, 0) is 56.2 Å². The molecule has 1 heterocycles. The number of pyridine rings is 1. The number of hydrogen-bond donors (Lipinski definition) is 1. The van der Waals surface area contributed by atoms with Crippen molar-refractivity contribution in [3.05, 3.63) is 59.4 Å². The van der Waals surface area contributed by atoms with Gasteiger partial charge >= 0.3 is 0 Å². The average Bonchev–Trinajstić information content (AvgIpc) is 2.38. The quantitative estimate of drug-likeness (QED) is 0.913. The molecule has 2 rings (SSSR count). The zero-order valence-corrected chi connectivity index (χ0v) is 11.6. The molecule has 0 bridgehead atoms. The molecule has 3 heteroatoms. The van der Waals surface area contributed by atoms with E-state index in [0.29, 0.717) is 0 Å². The summed E-state index contributed by atoms with van der Waals surface area (Å²) in [6.45, 7) is 5.99. The summed E-state index contributed by atoms with van der Waals surface area (Å²) in [7, 11) is 0. The number of hydrogen-bond acceptors (Lipinski definition) is 3. The Morgan fingerprint density at radius 2 is 1.74 bits per heavy atom. The lowest BCUT2D eigenvalue weighted by atomic mass is 10.00. The van der Waals surface area contributed by atoms with E-state index in [4.69, 9.17) is 10.5 Å². The van der Waals surface area contributed by atoms with E-state index in [0.717, 1.165) is 22.6 Å². The van der Waals surface area contributed by atoms with Gasteiger partial charge in [-0.3, -0.25) is 4.98 Å². The Balaban J connectivity index is 2.17. The molecular formula is C16H20N2O. The molecule has 1 aromatic carbocycles. The van der Waals surface area contributed by atoms with Crippen molar-refractivity contribution >= 4 is 0 Å². The van der Waals surface area contributed by atoms with E-state index >= 15 is 0 Å². The first-order valence-corrected chi connectivity index (χ1v) is 6.51. The van der Waals surface area contributed by atoms with Crippen LogP contribution in [0.3, 0.4) is 0 Å². The summed E-state index contributed by atoms with van der Waals surface area (Å²) < 4.78 is 5.62. The summed E-state index contributed by atoms with van der Waals surface area (Å²) in [5, 5.41) is 0. The molecule has 0 amide bonds. The Hall–Kier alpha value is -1.87. The van der Waals surface area contributed by atoms with Crippen LogP contribution in [0.1, 0.15) is 36.7 Å². The van der Waals surface area contributed by atoms with Gasteiger partial charge in [-0.25, -0.2) is 0 Å². The Labute approximate surface area is 114 Å². The van der Waals surface area contributed by atoms with Gasteiger partial charge in [0.1, 0.15) is 5.75 Å². The van der Waals surface area contributed by atoms with E-state index in [1.165, 1.54) is 0 Å². The molecule has 0 saturated heterocycles. The van der Waals surface area contributed by atoms with E-state index in [9.17, 15) is 0 Å². The third kappa shape index (κ3) is 3.55. The molecule has 0 aliphatic heterocycles. The lowest BCUT2D eigenvalue weighted by Gasteiger charge is -2.14. The molecule has 2 aromatic rings. The zero-order valence-electron chi connectivity index (χ0n) is 11.6. The number of benzene rings is 1. The van der Waals surface area contributed by atoms with E-state index in [1.807, 2.05) is 57.2 Å². The van der Waals surface area contributed by atoms with Crippen LogP contribution >= 0.6 is 0 Å². The first-order valence-electron chi connectivity index (χ1n) is 6.51. The Kier molecular flexibility index (Phi) is 4.17. The van der Waals surface area contributed by atoms with Crippen LogP contribution in [0.25, 0.3) is 0 Å². The Morgan fingerprint density at radius 1 is 1.05 bits per heavy atom. The maximum absolute atomic E-state index is 6.27. The topological polar surface area (TPSA) is 48.1 Å². The highest BCUT2D eigenvalue weighted by Crippen LogP contribution is 2.22. The number of aromatic nitrogens is 1. The van der Waals surface area contributed by atoms with Gasteiger partial charge in [-0.2, -0.15) is 0 Å². The van der Waals surface area contributed by atoms with Crippen LogP contribution in [-0.4, -0.2) is 11.1 Å². The van der Waals surface area contributed by atoms with Gasteiger partial charge in [0.05, 0.1) is 12.1 Å². The van der Waals surface area contributed by atoms with Gasteiger partial charge < -0.3 is 10.5 Å². The van der Waals surface area contributed by atoms with E-state index in [1.54, 1.807) is 6.20 Å². The SMILES string of the molecule is Cc1cc(C(N)c2ccc(OC(C)C)cc2)ccn1. The van der Waals surface area contributed by atoms with Crippen molar-refractivity contribution in [1.29, 1.82) is 0 Å². The molecule has 0 fully saturated rings. The maximum atomic E-state index is 6.27. The summed E-state index contributed by atoms with van der Waals surface area (Å²) in [6, 6.07) is 11.8. The minimum absolute atomic E-state index is 0.130. The van der Waals surface area contributed by atoms with E-state index in [-0.39, 0.29) is 12.1 Å². The van der Waals surface area contributed by atoms with Crippen molar-refractivity contribution < 1.29 is 4.74 Å². The Bertz CT molecular complexity index is 535. The lowest BCUT2D eigenvalue weighted by molar-refractivity contribution is 0.242. The van der Waals surface area contributed by atoms with Crippen LogP contribution in [0.5, 0.6) is 5.75 Å². The maximum Gasteiger partial charge on any atom is 0.119 e. The fourth-order valence-electron chi connectivity index (χ4n) is 1.98. The number of aryl methyl sites for hydroxylation is 1. The van der Waals surface area contributed by atoms with Crippen molar-refractivity contribution in [1.82, 2.24) is 4.98 Å². The van der Waals surface area contributed by atoms with Gasteiger partial charge in [0.2, 0.25) is 0 Å². The fraction of sp³-hybridized carbons (Fsp3) is 0.312. The molecule has 1 unspecified atom stereocenters. The van der Waals surface area contributed by atoms with Crippen LogP contribution in [0.2, 0.25) is 0 Å². The van der Waals surface area contributed by atoms with Gasteiger partial charge in [-0.15, -0.1) is 0 Å². The molecule has 0 aliphatic rings. The molecule has 0 spiro atoms. The number of nitrogens with zero attached hydrogens (tertiary/aromatic N) is 1. The minimum atomic E-state index is -0.130. The normalized spacial score (nSPS) is 12.5. The number of nitrogens with two attached hydrogens (primary N) is 1. The molecule has 100 valence electrons. The molecule has 19 heavy (non-hydrogen) atoms. The average molecular weight is 256 g/mol. The lowest BCUT2D eigenvalue weighted by Crippen LogP contribution is -2.12. The van der Waals surface area contributed by atoms with Crippen LogP contribution < -0.4 is 10.5 Å². The smallest absolute Gasteiger partial charge is 0.119 e. The van der Waals surface area contributed by atoms with Crippen molar-refractivity contribution in [3.63, 3.8) is 0 Å². The van der Waals surface area contributed by atoms with E-state index in [2.05, 4.69) is 4.98 Å². The molecule has 3 nitrogen and oxygen atoms in total. The molecule has 2 N–H and O–H groups in total. The molecule has 0 radical (unpaired) electrons. The predicted octanol–water partition coefficient (Wildman–Crippen LogP) is 3.23. The molecular weight excluding hydrogens is 236 g/mol. The first-order chi connectivity index (χ1) is 9.06. The second-order valence-electron chi connectivity index (χ2n) is 4.94. The second kappa shape index (κ2) is 5.85. The third-order valence-electron chi connectivity index (χ3n) is 2.89. The van der Waals surface area contributed by atoms with Gasteiger partial charge in [0, 0.05) is 11.9 Å². The predicted molar refractivity (Wildman–Crippen MR) is 77.2 cm³/mol. The van der Waals surface area contributed by atoms with Gasteiger partial charge in [-0.1, -0.05) is 12.1 Å². The number of rotatable bonds is 4. The standard InChI is InChI=1S/C16H20N2O/c1-11(2)19-15-6-4-13(5-7-15)16(17)14-8-9-18-12(3)10-14/h4-11,16H,17H2,1-3H3. The highest BCUT2D eigenvalue weighted by molar-refractivity contribution is 5.35. The summed E-state index contributed by atoms with van der Waals surface area (Å²) in [5.74, 6) is 0.872. The molecule has 1 atom stereocenters. The zero-order chi connectivity index (χ0) is 13.8. The number of ether oxygens (including phenoxy) is 1. The highest BCUT2D eigenvalue weighted by Gasteiger charge is 2.09. The van der Waals surface area contributed by atoms with Crippen molar-refractivity contribution in [2.45, 2.75) is 32.9 Å². The first kappa shape index (κ1) is 13.6. The summed E-state index contributed by atoms with van der Waals surface area (Å²) >= 11 is 0. The van der Waals surface area contributed by atoms with Crippen molar-refractivity contribution in [2.75, 3.05) is 0 Å². The minimum Gasteiger partial charge on any atom is -0.491 e. The monoisotopic (exact) mass is 256 g/mol. The molecule has 0 aliphatic carbocycles. The largest absolute Gasteiger partial charge is 0.491 e. The van der Waals surface area contributed by atoms with Crippen LogP contribution in [0.4, 0.5) is 0 Å². The molecule has 0 saturated carbocycles. The summed E-state index contributed by atoms with van der Waals surface area (Å²) in [5.41, 5.74) is 9.39. The van der Waals surface area contributed by atoms with Gasteiger partial charge in [0.15, 0.2) is 0 Å². The van der Waals surface area contributed by atoms with Crippen molar-refractivity contribution in [3.8, 4) is 5.75 Å². The fourth-order valence-corrected chi connectivity index (χ4v) is 1.98. The van der Waals surface area contributed by atoms with Crippen LogP contribution in [0.15, 0.2) is 42.6 Å². The van der Waals surface area contributed by atoms with Crippen molar-refractivity contribution in [2.24, 2.45) is 5.73 Å². The summed E-state index contributed by atoms with van der Waals surface area (Å²) in [4.78, 5) is 4.19. The van der Waals surface area contributed by atoms with E-state index < -0.39 is 0 Å².